The molecule has 0 bridgehead atoms. The SMILES string of the molecule is CCN(CCc1ccncc1)C(=O)c1ccc(N)c(C)c1. The second-order valence-corrected chi connectivity index (χ2v) is 5.06. The van der Waals surface area contributed by atoms with E-state index in [-0.39, 0.29) is 5.91 Å². The van der Waals surface area contributed by atoms with E-state index in [9.17, 15) is 4.79 Å². The van der Waals surface area contributed by atoms with Crippen LogP contribution in [-0.4, -0.2) is 28.9 Å². The molecule has 0 aliphatic heterocycles. The number of nitrogen functional groups attached to an aromatic ring is 1. The molecule has 2 rings (SSSR count). The highest BCUT2D eigenvalue weighted by molar-refractivity contribution is 5.94. The van der Waals surface area contributed by atoms with Crippen LogP contribution in [-0.2, 0) is 6.42 Å². The summed E-state index contributed by atoms with van der Waals surface area (Å²) in [4.78, 5) is 18.4. The first kappa shape index (κ1) is 15.0. The van der Waals surface area contributed by atoms with Crippen molar-refractivity contribution in [1.82, 2.24) is 9.88 Å². The lowest BCUT2D eigenvalue weighted by Crippen LogP contribution is -2.32. The predicted octanol–water partition coefficient (Wildman–Crippen LogP) is 2.68. The number of nitrogens with zero attached hydrogens (tertiary/aromatic N) is 2. The van der Waals surface area contributed by atoms with Gasteiger partial charge in [-0.25, -0.2) is 0 Å². The first-order chi connectivity index (χ1) is 10.1. The van der Waals surface area contributed by atoms with Crippen molar-refractivity contribution in [3.63, 3.8) is 0 Å². The number of hydrogen-bond acceptors (Lipinski definition) is 3. The van der Waals surface area contributed by atoms with E-state index in [2.05, 4.69) is 4.98 Å². The molecular weight excluding hydrogens is 262 g/mol. The van der Waals surface area contributed by atoms with Crippen LogP contribution in [0.5, 0.6) is 0 Å². The number of aryl methyl sites for hydroxylation is 1. The number of pyridine rings is 1. The lowest BCUT2D eigenvalue weighted by Gasteiger charge is -2.21. The maximum absolute atomic E-state index is 12.5. The molecule has 1 heterocycles. The lowest BCUT2D eigenvalue weighted by molar-refractivity contribution is 0.0766. The van der Waals surface area contributed by atoms with Gasteiger partial charge in [-0.1, -0.05) is 0 Å². The molecule has 0 radical (unpaired) electrons. The Bertz CT molecular complexity index is 611. The Morgan fingerprint density at radius 3 is 2.57 bits per heavy atom. The van der Waals surface area contributed by atoms with E-state index in [1.54, 1.807) is 24.5 Å². The fourth-order valence-corrected chi connectivity index (χ4v) is 2.21. The average Bonchev–Trinajstić information content (AvgIpc) is 2.51. The van der Waals surface area contributed by atoms with E-state index in [1.165, 1.54) is 5.56 Å². The maximum atomic E-state index is 12.5. The molecule has 0 fully saturated rings. The van der Waals surface area contributed by atoms with Crippen LogP contribution in [0.3, 0.4) is 0 Å². The summed E-state index contributed by atoms with van der Waals surface area (Å²) in [6.07, 6.45) is 4.38. The molecule has 0 saturated heterocycles. The lowest BCUT2D eigenvalue weighted by atomic mass is 10.1. The second-order valence-electron chi connectivity index (χ2n) is 5.06. The fraction of sp³-hybridized carbons (Fsp3) is 0.294. The standard InChI is InChI=1S/C17H21N3O/c1-3-20(11-8-14-6-9-19-10-7-14)17(21)15-4-5-16(18)13(2)12-15/h4-7,9-10,12H,3,8,11,18H2,1-2H3. The summed E-state index contributed by atoms with van der Waals surface area (Å²) < 4.78 is 0. The summed E-state index contributed by atoms with van der Waals surface area (Å²) in [5.41, 5.74) is 9.33. The summed E-state index contributed by atoms with van der Waals surface area (Å²) in [7, 11) is 0. The number of likely N-dealkylation sites (N-methyl/N-ethyl adjacent to an activating group) is 1. The van der Waals surface area contributed by atoms with E-state index in [0.29, 0.717) is 24.3 Å². The molecule has 0 aliphatic carbocycles. The van der Waals surface area contributed by atoms with Gasteiger partial charge >= 0.3 is 0 Å². The highest BCUT2D eigenvalue weighted by atomic mass is 16.2. The van der Waals surface area contributed by atoms with Crippen molar-refractivity contribution >= 4 is 11.6 Å². The second kappa shape index (κ2) is 6.88. The smallest absolute Gasteiger partial charge is 0.253 e. The number of benzene rings is 1. The number of anilines is 1. The molecule has 1 amide bonds. The van der Waals surface area contributed by atoms with Crippen molar-refractivity contribution in [3.8, 4) is 0 Å². The summed E-state index contributed by atoms with van der Waals surface area (Å²) in [6.45, 7) is 5.30. The number of nitrogens with two attached hydrogens (primary N) is 1. The van der Waals surface area contributed by atoms with E-state index >= 15 is 0 Å². The minimum atomic E-state index is 0.0506. The molecule has 2 aromatic rings. The zero-order chi connectivity index (χ0) is 15.2. The first-order valence-electron chi connectivity index (χ1n) is 7.16. The number of aromatic nitrogens is 1. The number of rotatable bonds is 5. The van der Waals surface area contributed by atoms with Gasteiger partial charge in [-0.2, -0.15) is 0 Å². The van der Waals surface area contributed by atoms with Crippen molar-refractivity contribution in [1.29, 1.82) is 0 Å². The number of amides is 1. The van der Waals surface area contributed by atoms with Gasteiger partial charge < -0.3 is 10.6 Å². The Morgan fingerprint density at radius 1 is 1.24 bits per heavy atom. The number of carbonyl (C=O) groups excluding carboxylic acids is 1. The molecule has 1 aromatic carbocycles. The molecule has 4 heteroatoms. The summed E-state index contributed by atoms with van der Waals surface area (Å²) in [5.74, 6) is 0.0506. The third-order valence-electron chi connectivity index (χ3n) is 3.61. The van der Waals surface area contributed by atoms with Gasteiger partial charge in [0.05, 0.1) is 0 Å². The van der Waals surface area contributed by atoms with Crippen LogP contribution in [0, 0.1) is 6.92 Å². The molecule has 4 nitrogen and oxygen atoms in total. The van der Waals surface area contributed by atoms with Gasteiger partial charge in [0.15, 0.2) is 0 Å². The summed E-state index contributed by atoms with van der Waals surface area (Å²) in [5, 5.41) is 0. The van der Waals surface area contributed by atoms with Crippen molar-refractivity contribution in [2.24, 2.45) is 0 Å². The van der Waals surface area contributed by atoms with Crippen LogP contribution in [0.2, 0.25) is 0 Å². The molecule has 21 heavy (non-hydrogen) atoms. The number of hydrogen-bond donors (Lipinski definition) is 1. The van der Waals surface area contributed by atoms with Crippen LogP contribution >= 0.6 is 0 Å². The Labute approximate surface area is 125 Å². The van der Waals surface area contributed by atoms with Crippen LogP contribution in [0.25, 0.3) is 0 Å². The van der Waals surface area contributed by atoms with Gasteiger partial charge in [0, 0.05) is 36.7 Å². The summed E-state index contributed by atoms with van der Waals surface area (Å²) >= 11 is 0. The Hall–Kier alpha value is -2.36. The van der Waals surface area contributed by atoms with Crippen LogP contribution in [0.15, 0.2) is 42.7 Å². The third-order valence-corrected chi connectivity index (χ3v) is 3.61. The van der Waals surface area contributed by atoms with Gasteiger partial charge in [0.2, 0.25) is 0 Å². The largest absolute Gasteiger partial charge is 0.399 e. The van der Waals surface area contributed by atoms with Gasteiger partial charge in [-0.3, -0.25) is 9.78 Å². The quantitative estimate of drug-likeness (QED) is 0.858. The van der Waals surface area contributed by atoms with Gasteiger partial charge in [0.1, 0.15) is 0 Å². The highest BCUT2D eigenvalue weighted by Crippen LogP contribution is 2.14. The van der Waals surface area contributed by atoms with E-state index in [0.717, 1.165) is 12.0 Å². The molecule has 0 spiro atoms. The molecule has 1 aromatic heterocycles. The monoisotopic (exact) mass is 283 g/mol. The first-order valence-corrected chi connectivity index (χ1v) is 7.16. The highest BCUT2D eigenvalue weighted by Gasteiger charge is 2.14. The van der Waals surface area contributed by atoms with Crippen molar-refractivity contribution in [3.05, 3.63) is 59.4 Å². The Balaban J connectivity index is 2.06. The average molecular weight is 283 g/mol. The minimum Gasteiger partial charge on any atom is -0.399 e. The third kappa shape index (κ3) is 3.81. The fourth-order valence-electron chi connectivity index (χ4n) is 2.21. The number of carbonyl (C=O) groups is 1. The van der Waals surface area contributed by atoms with E-state index in [1.807, 2.05) is 36.9 Å². The molecule has 0 unspecified atom stereocenters. The van der Waals surface area contributed by atoms with Gasteiger partial charge in [-0.05, 0) is 61.7 Å². The zero-order valence-electron chi connectivity index (χ0n) is 12.5. The molecular formula is C17H21N3O. The Kier molecular flexibility index (Phi) is 4.93. The van der Waals surface area contributed by atoms with Crippen molar-refractivity contribution < 1.29 is 4.79 Å². The molecule has 0 aliphatic rings. The van der Waals surface area contributed by atoms with Crippen molar-refractivity contribution in [2.45, 2.75) is 20.3 Å². The molecule has 2 N–H and O–H groups in total. The van der Waals surface area contributed by atoms with Crippen LogP contribution in [0.1, 0.15) is 28.4 Å². The van der Waals surface area contributed by atoms with Crippen molar-refractivity contribution in [2.75, 3.05) is 18.8 Å². The molecule has 0 atom stereocenters. The van der Waals surface area contributed by atoms with Crippen LogP contribution in [0.4, 0.5) is 5.69 Å². The van der Waals surface area contributed by atoms with Gasteiger partial charge in [-0.15, -0.1) is 0 Å². The molecule has 0 saturated carbocycles. The zero-order valence-corrected chi connectivity index (χ0v) is 12.5. The maximum Gasteiger partial charge on any atom is 0.253 e. The minimum absolute atomic E-state index is 0.0506. The van der Waals surface area contributed by atoms with Crippen LogP contribution < -0.4 is 5.73 Å². The topological polar surface area (TPSA) is 59.2 Å². The molecule has 110 valence electrons. The van der Waals surface area contributed by atoms with E-state index in [4.69, 9.17) is 5.73 Å². The normalized spacial score (nSPS) is 10.4. The van der Waals surface area contributed by atoms with E-state index < -0.39 is 0 Å². The predicted molar refractivity (Wildman–Crippen MR) is 85.1 cm³/mol. The van der Waals surface area contributed by atoms with Gasteiger partial charge in [0.25, 0.3) is 5.91 Å². The summed E-state index contributed by atoms with van der Waals surface area (Å²) in [6, 6.07) is 9.39. The Morgan fingerprint density at radius 2 is 1.95 bits per heavy atom.